The van der Waals surface area contributed by atoms with Crippen molar-refractivity contribution >= 4 is 28.8 Å². The molecule has 27 heavy (non-hydrogen) atoms. The number of carbonyl (C=O) groups is 2. The van der Waals surface area contributed by atoms with Crippen molar-refractivity contribution in [2.75, 3.05) is 52.3 Å². The zero-order chi connectivity index (χ0) is 19.2. The van der Waals surface area contributed by atoms with Crippen LogP contribution in [0.2, 0.25) is 0 Å². The number of nitrogens with one attached hydrogen (secondary N) is 1. The van der Waals surface area contributed by atoms with E-state index in [4.69, 9.17) is 9.47 Å². The predicted octanol–water partition coefficient (Wildman–Crippen LogP) is 2.16. The first-order chi connectivity index (χ1) is 13.1. The number of ether oxygens (including phenoxy) is 2. The first kappa shape index (κ1) is 19.2. The van der Waals surface area contributed by atoms with Gasteiger partial charge in [-0.15, -0.1) is 11.3 Å². The van der Waals surface area contributed by atoms with E-state index in [1.165, 1.54) is 11.3 Å². The Balaban J connectivity index is 1.52. The van der Waals surface area contributed by atoms with Gasteiger partial charge < -0.3 is 19.7 Å². The third-order valence-electron chi connectivity index (χ3n) is 4.44. The fourth-order valence-electron chi connectivity index (χ4n) is 2.97. The van der Waals surface area contributed by atoms with Crippen molar-refractivity contribution in [1.29, 1.82) is 0 Å². The van der Waals surface area contributed by atoms with Crippen LogP contribution in [-0.2, 0) is 4.79 Å². The first-order valence-electron chi connectivity index (χ1n) is 8.67. The van der Waals surface area contributed by atoms with E-state index in [0.717, 1.165) is 4.88 Å². The topological polar surface area (TPSA) is 71.1 Å². The van der Waals surface area contributed by atoms with E-state index in [0.29, 0.717) is 43.4 Å². The van der Waals surface area contributed by atoms with Crippen molar-refractivity contribution in [3.8, 4) is 11.5 Å². The summed E-state index contributed by atoms with van der Waals surface area (Å²) in [6.07, 6.45) is 0. The van der Waals surface area contributed by atoms with E-state index in [-0.39, 0.29) is 18.4 Å². The lowest BCUT2D eigenvalue weighted by atomic mass is 10.2. The Morgan fingerprint density at radius 1 is 1.11 bits per heavy atom. The van der Waals surface area contributed by atoms with Crippen LogP contribution in [0, 0.1) is 0 Å². The van der Waals surface area contributed by atoms with Crippen LogP contribution in [0.5, 0.6) is 11.5 Å². The largest absolute Gasteiger partial charge is 0.497 e. The van der Waals surface area contributed by atoms with Crippen molar-refractivity contribution in [2.24, 2.45) is 0 Å². The van der Waals surface area contributed by atoms with Gasteiger partial charge in [-0.2, -0.15) is 0 Å². The number of rotatable bonds is 6. The second-order valence-electron chi connectivity index (χ2n) is 6.16. The van der Waals surface area contributed by atoms with Gasteiger partial charge in [0.05, 0.1) is 31.3 Å². The molecule has 8 heteroatoms. The van der Waals surface area contributed by atoms with Crippen LogP contribution in [0.4, 0.5) is 5.69 Å². The van der Waals surface area contributed by atoms with E-state index in [9.17, 15) is 9.59 Å². The molecule has 0 radical (unpaired) electrons. The number of hydrogen-bond donors (Lipinski definition) is 1. The first-order valence-corrected chi connectivity index (χ1v) is 9.55. The molecule has 1 aromatic heterocycles. The van der Waals surface area contributed by atoms with Gasteiger partial charge in [0.2, 0.25) is 5.91 Å². The van der Waals surface area contributed by atoms with Gasteiger partial charge in [0.1, 0.15) is 11.5 Å². The number of anilines is 1. The summed E-state index contributed by atoms with van der Waals surface area (Å²) >= 11 is 1.45. The molecular formula is C19H23N3O4S. The third kappa shape index (κ3) is 4.78. The lowest BCUT2D eigenvalue weighted by Gasteiger charge is -2.34. The summed E-state index contributed by atoms with van der Waals surface area (Å²) < 4.78 is 10.5. The Bertz CT molecular complexity index is 786. The Morgan fingerprint density at radius 2 is 1.89 bits per heavy atom. The van der Waals surface area contributed by atoms with Crippen molar-refractivity contribution in [2.45, 2.75) is 0 Å². The number of piperazine rings is 1. The molecule has 2 heterocycles. The molecule has 1 aromatic carbocycles. The van der Waals surface area contributed by atoms with Gasteiger partial charge in [-0.1, -0.05) is 6.07 Å². The maximum Gasteiger partial charge on any atom is 0.264 e. The molecule has 3 rings (SSSR count). The Labute approximate surface area is 162 Å². The number of methoxy groups -OCH3 is 2. The van der Waals surface area contributed by atoms with Crippen LogP contribution in [0.25, 0.3) is 0 Å². The number of carbonyl (C=O) groups excluding carboxylic acids is 2. The summed E-state index contributed by atoms with van der Waals surface area (Å²) in [5.74, 6) is 1.16. The molecule has 2 aromatic rings. The van der Waals surface area contributed by atoms with Crippen LogP contribution in [0.1, 0.15) is 9.67 Å². The predicted molar refractivity (Wildman–Crippen MR) is 105 cm³/mol. The molecule has 1 saturated heterocycles. The molecule has 0 bridgehead atoms. The van der Waals surface area contributed by atoms with Gasteiger partial charge in [0.25, 0.3) is 5.91 Å². The summed E-state index contributed by atoms with van der Waals surface area (Å²) in [5, 5.41) is 4.78. The molecule has 144 valence electrons. The van der Waals surface area contributed by atoms with Gasteiger partial charge >= 0.3 is 0 Å². The van der Waals surface area contributed by atoms with Crippen molar-refractivity contribution in [3.05, 3.63) is 40.6 Å². The zero-order valence-electron chi connectivity index (χ0n) is 15.4. The van der Waals surface area contributed by atoms with E-state index < -0.39 is 0 Å². The summed E-state index contributed by atoms with van der Waals surface area (Å²) in [6.45, 7) is 2.83. The molecule has 0 aliphatic carbocycles. The summed E-state index contributed by atoms with van der Waals surface area (Å²) in [4.78, 5) is 29.4. The second-order valence-corrected chi connectivity index (χ2v) is 7.11. The van der Waals surface area contributed by atoms with Crippen molar-refractivity contribution in [3.63, 3.8) is 0 Å². The molecule has 7 nitrogen and oxygen atoms in total. The average Bonchev–Trinajstić information content (AvgIpc) is 3.22. The molecule has 0 unspecified atom stereocenters. The Kier molecular flexibility index (Phi) is 6.31. The molecule has 2 amide bonds. The Morgan fingerprint density at radius 3 is 2.52 bits per heavy atom. The number of nitrogens with zero attached hydrogens (tertiary/aromatic N) is 2. The van der Waals surface area contributed by atoms with Gasteiger partial charge in [-0.3, -0.25) is 14.5 Å². The summed E-state index contributed by atoms with van der Waals surface area (Å²) in [6, 6.07) is 8.98. The molecule has 1 N–H and O–H groups in total. The van der Waals surface area contributed by atoms with E-state index in [1.54, 1.807) is 32.4 Å². The van der Waals surface area contributed by atoms with E-state index >= 15 is 0 Å². The summed E-state index contributed by atoms with van der Waals surface area (Å²) in [5.41, 5.74) is 0.577. The van der Waals surface area contributed by atoms with Crippen LogP contribution in [0.15, 0.2) is 35.7 Å². The fourth-order valence-corrected chi connectivity index (χ4v) is 3.66. The average molecular weight is 389 g/mol. The van der Waals surface area contributed by atoms with Crippen LogP contribution in [-0.4, -0.2) is 68.6 Å². The lowest BCUT2D eigenvalue weighted by Crippen LogP contribution is -2.50. The van der Waals surface area contributed by atoms with Crippen molar-refractivity contribution < 1.29 is 19.1 Å². The fraction of sp³-hybridized carbons (Fsp3) is 0.368. The highest BCUT2D eigenvalue weighted by Crippen LogP contribution is 2.28. The standard InChI is InChI=1S/C19H23N3O4S/c1-25-14-5-6-16(26-2)15(12-14)20-18(23)13-21-7-9-22(10-8-21)19(24)17-4-3-11-27-17/h3-6,11-12H,7-10,13H2,1-2H3,(H,20,23). The second kappa shape index (κ2) is 8.88. The molecule has 1 aliphatic rings. The smallest absolute Gasteiger partial charge is 0.264 e. The minimum absolute atomic E-state index is 0.0650. The third-order valence-corrected chi connectivity index (χ3v) is 5.30. The van der Waals surface area contributed by atoms with E-state index in [2.05, 4.69) is 5.32 Å². The van der Waals surface area contributed by atoms with Gasteiger partial charge in [-0.05, 0) is 23.6 Å². The SMILES string of the molecule is COc1ccc(OC)c(NC(=O)CN2CCN(C(=O)c3cccs3)CC2)c1. The Hall–Kier alpha value is -2.58. The van der Waals surface area contributed by atoms with Gasteiger partial charge in [-0.25, -0.2) is 0 Å². The van der Waals surface area contributed by atoms with E-state index in [1.807, 2.05) is 27.3 Å². The van der Waals surface area contributed by atoms with Crippen LogP contribution < -0.4 is 14.8 Å². The minimum atomic E-state index is -0.125. The summed E-state index contributed by atoms with van der Waals surface area (Å²) in [7, 11) is 3.13. The van der Waals surface area contributed by atoms with Crippen LogP contribution >= 0.6 is 11.3 Å². The van der Waals surface area contributed by atoms with Crippen molar-refractivity contribution in [1.82, 2.24) is 9.80 Å². The molecular weight excluding hydrogens is 366 g/mol. The highest BCUT2D eigenvalue weighted by Gasteiger charge is 2.24. The normalized spacial score (nSPS) is 14.7. The van der Waals surface area contributed by atoms with Crippen LogP contribution in [0.3, 0.4) is 0 Å². The van der Waals surface area contributed by atoms with Gasteiger partial charge in [0, 0.05) is 32.2 Å². The maximum absolute atomic E-state index is 12.4. The quantitative estimate of drug-likeness (QED) is 0.820. The molecule has 0 atom stereocenters. The molecule has 1 fully saturated rings. The van der Waals surface area contributed by atoms with Gasteiger partial charge in [0.15, 0.2) is 0 Å². The maximum atomic E-state index is 12.4. The zero-order valence-corrected chi connectivity index (χ0v) is 16.3. The molecule has 1 aliphatic heterocycles. The number of thiophene rings is 1. The number of hydrogen-bond acceptors (Lipinski definition) is 6. The molecule has 0 spiro atoms. The highest BCUT2D eigenvalue weighted by atomic mass is 32.1. The minimum Gasteiger partial charge on any atom is -0.497 e. The monoisotopic (exact) mass is 389 g/mol. The molecule has 0 saturated carbocycles. The lowest BCUT2D eigenvalue weighted by molar-refractivity contribution is -0.117. The highest BCUT2D eigenvalue weighted by molar-refractivity contribution is 7.12. The number of amides is 2. The number of benzene rings is 1.